The molecular formula is C17H17F2NO. The fraction of sp³-hybridized carbons (Fsp3) is 0.235. The molecule has 0 aliphatic carbocycles. The zero-order valence-corrected chi connectivity index (χ0v) is 12.2. The molecule has 2 aromatic carbocycles. The van der Waals surface area contributed by atoms with Crippen molar-refractivity contribution in [1.29, 1.82) is 0 Å². The maximum Gasteiger partial charge on any atom is 0.195 e. The molecule has 0 atom stereocenters. The minimum atomic E-state index is -1.08. The molecule has 0 bridgehead atoms. The first-order valence-corrected chi connectivity index (χ1v) is 6.60. The Labute approximate surface area is 122 Å². The quantitative estimate of drug-likeness (QED) is 0.669. The van der Waals surface area contributed by atoms with Crippen LogP contribution < -0.4 is 5.73 Å². The Morgan fingerprint density at radius 1 is 1.00 bits per heavy atom. The summed E-state index contributed by atoms with van der Waals surface area (Å²) in [7, 11) is 0. The van der Waals surface area contributed by atoms with Gasteiger partial charge in [0.1, 0.15) is 0 Å². The molecule has 0 fully saturated rings. The highest BCUT2D eigenvalue weighted by molar-refractivity contribution is 6.12. The zero-order chi connectivity index (χ0) is 15.8. The molecule has 2 rings (SSSR count). The number of carbonyl (C=O) groups excluding carboxylic acids is 1. The monoisotopic (exact) mass is 289 g/mol. The van der Waals surface area contributed by atoms with Gasteiger partial charge in [-0.2, -0.15) is 0 Å². The SMILES string of the molecule is CC(C)(C)c1ccc(C(=O)c2cc(F)c(F)cc2N)cc1. The zero-order valence-electron chi connectivity index (χ0n) is 12.2. The van der Waals surface area contributed by atoms with Crippen LogP contribution in [0.4, 0.5) is 14.5 Å². The lowest BCUT2D eigenvalue weighted by molar-refractivity contribution is 0.103. The van der Waals surface area contributed by atoms with E-state index in [1.165, 1.54) is 0 Å². The smallest absolute Gasteiger partial charge is 0.195 e. The Kier molecular flexibility index (Phi) is 3.81. The molecular weight excluding hydrogens is 272 g/mol. The van der Waals surface area contributed by atoms with Gasteiger partial charge < -0.3 is 5.73 Å². The molecule has 0 saturated carbocycles. The van der Waals surface area contributed by atoms with Crippen LogP contribution in [-0.4, -0.2) is 5.78 Å². The Bertz CT molecular complexity index is 685. The third kappa shape index (κ3) is 3.10. The number of halogens is 2. The van der Waals surface area contributed by atoms with Crippen molar-refractivity contribution in [3.05, 3.63) is 64.7 Å². The first kappa shape index (κ1) is 15.2. The summed E-state index contributed by atoms with van der Waals surface area (Å²) in [4.78, 5) is 12.3. The summed E-state index contributed by atoms with van der Waals surface area (Å²) in [5.41, 5.74) is 6.94. The standard InChI is InChI=1S/C17H17F2NO/c1-17(2,3)11-6-4-10(5-7-11)16(21)12-8-13(18)14(19)9-15(12)20/h4-9H,20H2,1-3H3. The lowest BCUT2D eigenvalue weighted by atomic mass is 9.86. The largest absolute Gasteiger partial charge is 0.398 e. The van der Waals surface area contributed by atoms with Crippen molar-refractivity contribution < 1.29 is 13.6 Å². The number of carbonyl (C=O) groups is 1. The predicted octanol–water partition coefficient (Wildman–Crippen LogP) is 4.08. The average Bonchev–Trinajstić information content (AvgIpc) is 2.41. The van der Waals surface area contributed by atoms with Crippen molar-refractivity contribution in [2.45, 2.75) is 26.2 Å². The van der Waals surface area contributed by atoms with Gasteiger partial charge in [0.25, 0.3) is 0 Å². The van der Waals surface area contributed by atoms with Gasteiger partial charge in [-0.3, -0.25) is 4.79 Å². The molecule has 21 heavy (non-hydrogen) atoms. The maximum absolute atomic E-state index is 13.3. The second kappa shape index (κ2) is 5.28. The molecule has 0 amide bonds. The van der Waals surface area contributed by atoms with Crippen molar-refractivity contribution in [3.8, 4) is 0 Å². The van der Waals surface area contributed by atoms with Crippen LogP contribution in [0.3, 0.4) is 0 Å². The van der Waals surface area contributed by atoms with E-state index in [1.54, 1.807) is 12.1 Å². The van der Waals surface area contributed by atoms with Crippen LogP contribution in [0.25, 0.3) is 0 Å². The van der Waals surface area contributed by atoms with E-state index in [2.05, 4.69) is 20.8 Å². The van der Waals surface area contributed by atoms with Gasteiger partial charge in [-0.15, -0.1) is 0 Å². The van der Waals surface area contributed by atoms with Crippen LogP contribution in [0.2, 0.25) is 0 Å². The summed E-state index contributed by atoms with van der Waals surface area (Å²) in [6.07, 6.45) is 0. The van der Waals surface area contributed by atoms with Crippen LogP contribution in [0.1, 0.15) is 42.3 Å². The van der Waals surface area contributed by atoms with E-state index in [9.17, 15) is 13.6 Å². The van der Waals surface area contributed by atoms with Gasteiger partial charge in [0.05, 0.1) is 0 Å². The van der Waals surface area contributed by atoms with Crippen molar-refractivity contribution in [1.82, 2.24) is 0 Å². The number of hydrogen-bond donors (Lipinski definition) is 1. The normalized spacial score (nSPS) is 11.5. The van der Waals surface area contributed by atoms with Gasteiger partial charge >= 0.3 is 0 Å². The van der Waals surface area contributed by atoms with E-state index in [-0.39, 0.29) is 16.7 Å². The maximum atomic E-state index is 13.3. The first-order chi connectivity index (χ1) is 9.70. The van der Waals surface area contributed by atoms with Crippen LogP contribution in [0, 0.1) is 11.6 Å². The van der Waals surface area contributed by atoms with Crippen molar-refractivity contribution in [2.24, 2.45) is 0 Å². The van der Waals surface area contributed by atoms with E-state index in [1.807, 2.05) is 12.1 Å². The number of nitrogens with two attached hydrogens (primary N) is 1. The molecule has 0 aliphatic rings. The topological polar surface area (TPSA) is 43.1 Å². The van der Waals surface area contributed by atoms with Crippen molar-refractivity contribution in [3.63, 3.8) is 0 Å². The molecule has 2 nitrogen and oxygen atoms in total. The first-order valence-electron chi connectivity index (χ1n) is 6.60. The van der Waals surface area contributed by atoms with Gasteiger partial charge in [0, 0.05) is 22.9 Å². The molecule has 0 heterocycles. The minimum Gasteiger partial charge on any atom is -0.398 e. The van der Waals surface area contributed by atoms with E-state index in [4.69, 9.17) is 5.73 Å². The molecule has 0 spiro atoms. The van der Waals surface area contributed by atoms with Crippen LogP contribution in [-0.2, 0) is 5.41 Å². The molecule has 2 N–H and O–H groups in total. The lowest BCUT2D eigenvalue weighted by Crippen LogP contribution is -2.12. The molecule has 2 aromatic rings. The van der Waals surface area contributed by atoms with Gasteiger partial charge in [-0.1, -0.05) is 45.0 Å². The fourth-order valence-electron chi connectivity index (χ4n) is 2.04. The molecule has 0 aromatic heterocycles. The van der Waals surface area contributed by atoms with E-state index >= 15 is 0 Å². The number of rotatable bonds is 2. The van der Waals surface area contributed by atoms with Crippen molar-refractivity contribution >= 4 is 11.5 Å². The Morgan fingerprint density at radius 2 is 1.52 bits per heavy atom. The second-order valence-corrected chi connectivity index (χ2v) is 6.01. The third-order valence-corrected chi connectivity index (χ3v) is 3.35. The number of anilines is 1. The van der Waals surface area contributed by atoms with E-state index < -0.39 is 17.4 Å². The van der Waals surface area contributed by atoms with Crippen molar-refractivity contribution in [2.75, 3.05) is 5.73 Å². The summed E-state index contributed by atoms with van der Waals surface area (Å²) < 4.78 is 26.3. The molecule has 4 heteroatoms. The molecule has 0 saturated heterocycles. The molecule has 0 aliphatic heterocycles. The highest BCUT2D eigenvalue weighted by Crippen LogP contribution is 2.24. The number of ketones is 1. The highest BCUT2D eigenvalue weighted by Gasteiger charge is 2.18. The predicted molar refractivity (Wildman–Crippen MR) is 79.3 cm³/mol. The summed E-state index contributed by atoms with van der Waals surface area (Å²) in [5.74, 6) is -2.57. The van der Waals surface area contributed by atoms with Gasteiger partial charge in [-0.05, 0) is 17.0 Å². The van der Waals surface area contributed by atoms with Gasteiger partial charge in [0.15, 0.2) is 17.4 Å². The van der Waals surface area contributed by atoms with Crippen LogP contribution in [0.5, 0.6) is 0 Å². The Morgan fingerprint density at radius 3 is 2.05 bits per heavy atom. The summed E-state index contributed by atoms with van der Waals surface area (Å²) >= 11 is 0. The molecule has 0 radical (unpaired) electrons. The Hall–Kier alpha value is -2.23. The lowest BCUT2D eigenvalue weighted by Gasteiger charge is -2.19. The minimum absolute atomic E-state index is 0.0252. The molecule has 110 valence electrons. The van der Waals surface area contributed by atoms with Gasteiger partial charge in [-0.25, -0.2) is 8.78 Å². The number of hydrogen-bond acceptors (Lipinski definition) is 2. The highest BCUT2D eigenvalue weighted by atomic mass is 19.2. The second-order valence-electron chi connectivity index (χ2n) is 6.01. The van der Waals surface area contributed by atoms with E-state index in [0.29, 0.717) is 5.56 Å². The van der Waals surface area contributed by atoms with Crippen LogP contribution in [0.15, 0.2) is 36.4 Å². The summed E-state index contributed by atoms with van der Waals surface area (Å²) in [5, 5.41) is 0. The Balaban J connectivity index is 2.39. The summed E-state index contributed by atoms with van der Waals surface area (Å²) in [6, 6.07) is 8.70. The van der Waals surface area contributed by atoms with Gasteiger partial charge in [0.2, 0.25) is 0 Å². The molecule has 0 unspecified atom stereocenters. The average molecular weight is 289 g/mol. The summed E-state index contributed by atoms with van der Waals surface area (Å²) in [6.45, 7) is 6.20. The number of nitrogen functional groups attached to an aromatic ring is 1. The number of benzene rings is 2. The van der Waals surface area contributed by atoms with Crippen LogP contribution >= 0.6 is 0 Å². The third-order valence-electron chi connectivity index (χ3n) is 3.35. The fourth-order valence-corrected chi connectivity index (χ4v) is 2.04. The van der Waals surface area contributed by atoms with E-state index in [0.717, 1.165) is 17.7 Å².